The van der Waals surface area contributed by atoms with Gasteiger partial charge in [0.05, 0.1) is 6.54 Å². The fraction of sp³-hybridized carbons (Fsp3) is 0.632. The molecule has 4 heteroatoms. The molecule has 1 aromatic carbocycles. The van der Waals surface area contributed by atoms with Crippen LogP contribution in [0.5, 0.6) is 0 Å². The van der Waals surface area contributed by atoms with E-state index >= 15 is 0 Å². The maximum absolute atomic E-state index is 12.2. The lowest BCUT2D eigenvalue weighted by molar-refractivity contribution is -0.121. The maximum atomic E-state index is 12.2. The summed E-state index contributed by atoms with van der Waals surface area (Å²) in [5.41, 5.74) is 1.30. The largest absolute Gasteiger partial charge is 0.381 e. The summed E-state index contributed by atoms with van der Waals surface area (Å²) in [6, 6.07) is 11.1. The second-order valence-electron chi connectivity index (χ2n) is 6.77. The molecule has 1 aliphatic heterocycles. The molecule has 2 fully saturated rings. The van der Waals surface area contributed by atoms with Gasteiger partial charge >= 0.3 is 0 Å². The van der Waals surface area contributed by atoms with E-state index in [1.54, 1.807) is 0 Å². The van der Waals surface area contributed by atoms with Crippen LogP contribution in [-0.4, -0.2) is 31.7 Å². The van der Waals surface area contributed by atoms with E-state index in [2.05, 4.69) is 34.9 Å². The standard InChI is InChI=1S/C19H28N2O2/c22-18(21-17-10-12-23-13-11-17)14-20-19(16-8-4-5-9-16)15-6-2-1-3-7-15/h1-3,6-7,16-17,19-20H,4-5,8-14H2,(H,21,22)/t19-/m1/s1. The lowest BCUT2D eigenvalue weighted by Crippen LogP contribution is -2.44. The van der Waals surface area contributed by atoms with Gasteiger partial charge in [0.2, 0.25) is 5.91 Å². The van der Waals surface area contributed by atoms with Crippen LogP contribution in [0.2, 0.25) is 0 Å². The highest BCUT2D eigenvalue weighted by molar-refractivity contribution is 5.78. The average Bonchev–Trinajstić information content (AvgIpc) is 3.11. The zero-order chi connectivity index (χ0) is 15.9. The molecule has 1 aromatic rings. The summed E-state index contributed by atoms with van der Waals surface area (Å²) in [4.78, 5) is 12.2. The van der Waals surface area contributed by atoms with Crippen LogP contribution in [0, 0.1) is 5.92 Å². The molecular formula is C19H28N2O2. The Morgan fingerprint density at radius 2 is 1.78 bits per heavy atom. The number of ether oxygens (including phenoxy) is 1. The molecule has 23 heavy (non-hydrogen) atoms. The molecule has 1 heterocycles. The van der Waals surface area contributed by atoms with Crippen molar-refractivity contribution >= 4 is 5.91 Å². The molecule has 2 aliphatic rings. The Labute approximate surface area is 139 Å². The maximum Gasteiger partial charge on any atom is 0.234 e. The van der Waals surface area contributed by atoms with Crippen LogP contribution in [0.3, 0.4) is 0 Å². The number of amides is 1. The highest BCUT2D eigenvalue weighted by Crippen LogP contribution is 2.35. The van der Waals surface area contributed by atoms with Crippen LogP contribution in [-0.2, 0) is 9.53 Å². The number of carbonyl (C=O) groups is 1. The minimum absolute atomic E-state index is 0.107. The number of rotatable bonds is 6. The van der Waals surface area contributed by atoms with Gasteiger partial charge in [-0.2, -0.15) is 0 Å². The van der Waals surface area contributed by atoms with E-state index in [0.717, 1.165) is 26.1 Å². The van der Waals surface area contributed by atoms with Crippen LogP contribution in [0.1, 0.15) is 50.1 Å². The van der Waals surface area contributed by atoms with Gasteiger partial charge in [-0.05, 0) is 37.2 Å². The van der Waals surface area contributed by atoms with E-state index in [9.17, 15) is 4.79 Å². The molecular weight excluding hydrogens is 288 g/mol. The van der Waals surface area contributed by atoms with Gasteiger partial charge in [0, 0.05) is 25.3 Å². The fourth-order valence-electron chi connectivity index (χ4n) is 3.83. The first kappa shape index (κ1) is 16.5. The minimum Gasteiger partial charge on any atom is -0.381 e. The minimum atomic E-state index is 0.107. The molecule has 1 aliphatic carbocycles. The number of hydrogen-bond acceptors (Lipinski definition) is 3. The molecule has 0 bridgehead atoms. The quantitative estimate of drug-likeness (QED) is 0.848. The first-order valence-electron chi connectivity index (χ1n) is 8.98. The Bertz CT molecular complexity index is 479. The zero-order valence-electron chi connectivity index (χ0n) is 13.8. The lowest BCUT2D eigenvalue weighted by Gasteiger charge is -2.27. The number of hydrogen-bond donors (Lipinski definition) is 2. The Hall–Kier alpha value is -1.39. The smallest absolute Gasteiger partial charge is 0.234 e. The molecule has 1 saturated heterocycles. The summed E-state index contributed by atoms with van der Waals surface area (Å²) in [5.74, 6) is 0.754. The van der Waals surface area contributed by atoms with Crippen molar-refractivity contribution in [2.75, 3.05) is 19.8 Å². The van der Waals surface area contributed by atoms with E-state index in [0.29, 0.717) is 18.5 Å². The van der Waals surface area contributed by atoms with Gasteiger partial charge in [0.25, 0.3) is 0 Å². The summed E-state index contributed by atoms with van der Waals surface area (Å²) in [5, 5.41) is 6.66. The van der Waals surface area contributed by atoms with Crippen molar-refractivity contribution in [2.45, 2.75) is 50.6 Å². The Balaban J connectivity index is 1.54. The number of carbonyl (C=O) groups excluding carboxylic acids is 1. The second kappa shape index (κ2) is 8.46. The van der Waals surface area contributed by atoms with Crippen molar-refractivity contribution < 1.29 is 9.53 Å². The van der Waals surface area contributed by atoms with Crippen LogP contribution in [0.25, 0.3) is 0 Å². The Morgan fingerprint density at radius 3 is 2.48 bits per heavy atom. The van der Waals surface area contributed by atoms with E-state index in [1.165, 1.54) is 31.2 Å². The molecule has 0 spiro atoms. The van der Waals surface area contributed by atoms with Crippen molar-refractivity contribution in [3.05, 3.63) is 35.9 Å². The summed E-state index contributed by atoms with van der Waals surface area (Å²) in [6.07, 6.45) is 6.99. The average molecular weight is 316 g/mol. The normalized spacial score (nSPS) is 21.2. The zero-order valence-corrected chi connectivity index (χ0v) is 13.8. The molecule has 0 aromatic heterocycles. The van der Waals surface area contributed by atoms with Gasteiger partial charge < -0.3 is 15.4 Å². The molecule has 1 saturated carbocycles. The van der Waals surface area contributed by atoms with Gasteiger partial charge in [0.1, 0.15) is 0 Å². The van der Waals surface area contributed by atoms with Crippen LogP contribution >= 0.6 is 0 Å². The highest BCUT2D eigenvalue weighted by atomic mass is 16.5. The van der Waals surface area contributed by atoms with Gasteiger partial charge in [-0.1, -0.05) is 43.2 Å². The van der Waals surface area contributed by atoms with Crippen LogP contribution in [0.15, 0.2) is 30.3 Å². The second-order valence-corrected chi connectivity index (χ2v) is 6.77. The molecule has 126 valence electrons. The van der Waals surface area contributed by atoms with Gasteiger partial charge in [-0.15, -0.1) is 0 Å². The van der Waals surface area contributed by atoms with Crippen molar-refractivity contribution in [3.63, 3.8) is 0 Å². The molecule has 2 N–H and O–H groups in total. The van der Waals surface area contributed by atoms with E-state index < -0.39 is 0 Å². The van der Waals surface area contributed by atoms with Crippen molar-refractivity contribution in [1.82, 2.24) is 10.6 Å². The predicted molar refractivity (Wildman–Crippen MR) is 91.1 cm³/mol. The fourth-order valence-corrected chi connectivity index (χ4v) is 3.83. The third-order valence-corrected chi connectivity index (χ3v) is 5.10. The van der Waals surface area contributed by atoms with Crippen LogP contribution in [0.4, 0.5) is 0 Å². The Kier molecular flexibility index (Phi) is 6.06. The topological polar surface area (TPSA) is 50.4 Å². The van der Waals surface area contributed by atoms with Gasteiger partial charge in [-0.3, -0.25) is 4.79 Å². The molecule has 1 amide bonds. The molecule has 3 rings (SSSR count). The number of nitrogens with one attached hydrogen (secondary N) is 2. The molecule has 4 nitrogen and oxygen atoms in total. The van der Waals surface area contributed by atoms with Crippen LogP contribution < -0.4 is 10.6 Å². The lowest BCUT2D eigenvalue weighted by atomic mass is 9.91. The van der Waals surface area contributed by atoms with E-state index in [-0.39, 0.29) is 11.9 Å². The van der Waals surface area contributed by atoms with Gasteiger partial charge in [0.15, 0.2) is 0 Å². The van der Waals surface area contributed by atoms with Crippen molar-refractivity contribution in [3.8, 4) is 0 Å². The molecule has 0 radical (unpaired) electrons. The summed E-state index contributed by atoms with van der Waals surface area (Å²) in [7, 11) is 0. The SMILES string of the molecule is O=C(CN[C@H](c1ccccc1)C1CCCC1)NC1CCOCC1. The molecule has 0 unspecified atom stereocenters. The third kappa shape index (κ3) is 4.79. The van der Waals surface area contributed by atoms with E-state index in [4.69, 9.17) is 4.74 Å². The predicted octanol–water partition coefficient (Wildman–Crippen LogP) is 2.80. The Morgan fingerprint density at radius 1 is 1.09 bits per heavy atom. The highest BCUT2D eigenvalue weighted by Gasteiger charge is 2.26. The third-order valence-electron chi connectivity index (χ3n) is 5.10. The molecule has 1 atom stereocenters. The van der Waals surface area contributed by atoms with Gasteiger partial charge in [-0.25, -0.2) is 0 Å². The first-order chi connectivity index (χ1) is 11.3. The summed E-state index contributed by atoms with van der Waals surface area (Å²) >= 11 is 0. The van der Waals surface area contributed by atoms with Crippen molar-refractivity contribution in [1.29, 1.82) is 0 Å². The van der Waals surface area contributed by atoms with E-state index in [1.807, 2.05) is 6.07 Å². The van der Waals surface area contributed by atoms with Crippen molar-refractivity contribution in [2.24, 2.45) is 5.92 Å². The number of benzene rings is 1. The summed E-state index contributed by atoms with van der Waals surface area (Å²) in [6.45, 7) is 1.91. The first-order valence-corrected chi connectivity index (χ1v) is 8.98. The monoisotopic (exact) mass is 316 g/mol. The summed E-state index contributed by atoms with van der Waals surface area (Å²) < 4.78 is 5.34.